The molecular weight excluding hydrogens is 503 g/mol. The second-order valence-corrected chi connectivity index (χ2v) is 9.06. The highest BCUT2D eigenvalue weighted by Gasteiger charge is 2.19. The molecule has 0 radical (unpaired) electrons. The van der Waals surface area contributed by atoms with Gasteiger partial charge in [0.05, 0.1) is 39.4 Å². The zero-order valence-corrected chi connectivity index (χ0v) is 21.3. The highest BCUT2D eigenvalue weighted by molar-refractivity contribution is 6.35. The molecule has 11 heteroatoms. The van der Waals surface area contributed by atoms with Gasteiger partial charge in [0.25, 0.3) is 0 Å². The number of anilines is 1. The molecular formula is C25H22Cl2N6O3. The lowest BCUT2D eigenvalue weighted by molar-refractivity contribution is -0.116. The molecule has 1 aromatic carbocycles. The first-order valence-corrected chi connectivity index (χ1v) is 11.8. The number of carbonyl (C=O) groups excluding carboxylic acids is 1. The topological polar surface area (TPSA) is 100 Å². The maximum atomic E-state index is 13.0. The first-order valence-electron chi connectivity index (χ1n) is 11.1. The molecule has 0 fully saturated rings. The van der Waals surface area contributed by atoms with Crippen molar-refractivity contribution in [3.8, 4) is 17.1 Å². The lowest BCUT2D eigenvalue weighted by Crippen LogP contribution is -2.20. The van der Waals surface area contributed by atoms with E-state index >= 15 is 0 Å². The maximum Gasteiger partial charge on any atom is 0.246 e. The Bertz CT molecular complexity index is 1570. The number of aryl methyl sites for hydroxylation is 2. The van der Waals surface area contributed by atoms with E-state index in [-0.39, 0.29) is 19.2 Å². The van der Waals surface area contributed by atoms with Crippen molar-refractivity contribution < 1.29 is 13.9 Å². The number of halogens is 2. The van der Waals surface area contributed by atoms with Crippen LogP contribution < -0.4 is 10.1 Å². The van der Waals surface area contributed by atoms with Gasteiger partial charge in [-0.1, -0.05) is 23.2 Å². The monoisotopic (exact) mass is 524 g/mol. The molecule has 0 spiro atoms. The molecule has 0 aliphatic carbocycles. The van der Waals surface area contributed by atoms with E-state index in [9.17, 15) is 4.79 Å². The predicted molar refractivity (Wildman–Crippen MR) is 137 cm³/mol. The van der Waals surface area contributed by atoms with Crippen LogP contribution in [0.5, 0.6) is 5.75 Å². The molecule has 0 aliphatic heterocycles. The number of carbonyl (C=O) groups is 1. The number of hydrogen-bond donors (Lipinski definition) is 1. The van der Waals surface area contributed by atoms with Gasteiger partial charge in [-0.2, -0.15) is 10.2 Å². The van der Waals surface area contributed by atoms with Crippen molar-refractivity contribution in [3.05, 3.63) is 76.0 Å². The zero-order chi connectivity index (χ0) is 25.4. The Morgan fingerprint density at radius 3 is 2.64 bits per heavy atom. The normalized spacial score (nSPS) is 11.2. The van der Waals surface area contributed by atoms with E-state index in [0.717, 1.165) is 28.1 Å². The molecule has 0 aliphatic rings. The molecule has 1 amide bonds. The molecule has 36 heavy (non-hydrogen) atoms. The number of nitrogens with one attached hydrogen (secondary N) is 1. The quantitative estimate of drug-likeness (QED) is 0.289. The molecule has 5 rings (SSSR count). The number of pyridine rings is 1. The van der Waals surface area contributed by atoms with E-state index in [4.69, 9.17) is 32.4 Å². The predicted octanol–water partition coefficient (Wildman–Crippen LogP) is 5.80. The molecule has 0 atom stereocenters. The summed E-state index contributed by atoms with van der Waals surface area (Å²) in [7, 11) is 0. The molecule has 1 N–H and O–H groups in total. The van der Waals surface area contributed by atoms with Crippen LogP contribution in [0, 0.1) is 20.8 Å². The minimum atomic E-state index is -0.253. The lowest BCUT2D eigenvalue weighted by Gasteiger charge is -2.10. The summed E-state index contributed by atoms with van der Waals surface area (Å²) in [6, 6.07) is 10.6. The third-order valence-electron chi connectivity index (χ3n) is 5.77. The molecule has 4 heterocycles. The fourth-order valence-electron chi connectivity index (χ4n) is 4.07. The molecule has 0 saturated carbocycles. The Morgan fingerprint density at radius 2 is 1.89 bits per heavy atom. The summed E-state index contributed by atoms with van der Waals surface area (Å²) in [5.41, 5.74) is 4.26. The van der Waals surface area contributed by atoms with Crippen molar-refractivity contribution >= 4 is 45.8 Å². The fourth-order valence-corrected chi connectivity index (χ4v) is 4.53. The maximum absolute atomic E-state index is 13.0. The van der Waals surface area contributed by atoms with Gasteiger partial charge in [0.1, 0.15) is 18.1 Å². The third kappa shape index (κ3) is 4.55. The summed E-state index contributed by atoms with van der Waals surface area (Å²) < 4.78 is 14.6. The summed E-state index contributed by atoms with van der Waals surface area (Å²) in [6.45, 7) is 5.66. The summed E-state index contributed by atoms with van der Waals surface area (Å²) >= 11 is 12.1. The van der Waals surface area contributed by atoms with Gasteiger partial charge in [0.2, 0.25) is 5.91 Å². The number of hydrogen-bond acceptors (Lipinski definition) is 6. The van der Waals surface area contributed by atoms with Crippen LogP contribution in [0.15, 0.2) is 53.3 Å². The highest BCUT2D eigenvalue weighted by Crippen LogP contribution is 2.31. The van der Waals surface area contributed by atoms with Crippen molar-refractivity contribution in [2.45, 2.75) is 34.0 Å². The number of benzene rings is 1. The number of nitrogens with zero attached hydrogens (tertiary/aromatic N) is 5. The zero-order valence-electron chi connectivity index (χ0n) is 19.7. The Hall–Kier alpha value is -3.82. The lowest BCUT2D eigenvalue weighted by atomic mass is 10.1. The van der Waals surface area contributed by atoms with Gasteiger partial charge in [-0.15, -0.1) is 0 Å². The van der Waals surface area contributed by atoms with E-state index in [1.807, 2.05) is 39.0 Å². The Kier molecular flexibility index (Phi) is 6.42. The van der Waals surface area contributed by atoms with Gasteiger partial charge in [-0.05, 0) is 57.2 Å². The smallest absolute Gasteiger partial charge is 0.246 e. The van der Waals surface area contributed by atoms with Crippen molar-refractivity contribution in [1.29, 1.82) is 0 Å². The van der Waals surface area contributed by atoms with Crippen LogP contribution in [-0.2, 0) is 18.1 Å². The minimum absolute atomic E-state index is 0.0140. The Labute approximate surface area is 216 Å². The van der Waals surface area contributed by atoms with Gasteiger partial charge in [-0.25, -0.2) is 14.3 Å². The van der Waals surface area contributed by atoms with E-state index in [0.29, 0.717) is 32.8 Å². The largest absolute Gasteiger partial charge is 0.470 e. The van der Waals surface area contributed by atoms with Gasteiger partial charge in [0, 0.05) is 16.8 Å². The second kappa shape index (κ2) is 9.67. The van der Waals surface area contributed by atoms with Gasteiger partial charge in [-0.3, -0.25) is 4.79 Å². The van der Waals surface area contributed by atoms with Crippen molar-refractivity contribution in [2.75, 3.05) is 5.32 Å². The van der Waals surface area contributed by atoms with Crippen molar-refractivity contribution in [2.24, 2.45) is 0 Å². The molecule has 0 unspecified atom stereocenters. The van der Waals surface area contributed by atoms with E-state index in [1.165, 1.54) is 0 Å². The number of fused-ring (bicyclic) bond motifs is 1. The molecule has 0 bridgehead atoms. The Balaban J connectivity index is 1.33. The van der Waals surface area contributed by atoms with Crippen LogP contribution in [0.1, 0.15) is 17.1 Å². The average molecular weight is 525 g/mol. The summed E-state index contributed by atoms with van der Waals surface area (Å²) in [5, 5.41) is 13.8. The first kappa shape index (κ1) is 23.9. The second-order valence-electron chi connectivity index (χ2n) is 8.22. The SMILES string of the molecule is Cc1nn(COc2ccc(Cl)cc2Cl)c(C)c1NC(=O)Cn1nc(C)c2c(-c3ccco3)ccnc21. The molecule has 184 valence electrons. The number of aromatic nitrogens is 5. The molecule has 0 saturated heterocycles. The van der Waals surface area contributed by atoms with Gasteiger partial charge < -0.3 is 14.5 Å². The van der Waals surface area contributed by atoms with Crippen LogP contribution in [0.4, 0.5) is 5.69 Å². The van der Waals surface area contributed by atoms with E-state index in [1.54, 1.807) is 40.0 Å². The number of ether oxygens (including phenoxy) is 1. The number of furan rings is 1. The van der Waals surface area contributed by atoms with Crippen LogP contribution in [0.3, 0.4) is 0 Å². The van der Waals surface area contributed by atoms with Gasteiger partial charge >= 0.3 is 0 Å². The van der Waals surface area contributed by atoms with Crippen LogP contribution in [0.25, 0.3) is 22.4 Å². The number of amides is 1. The summed E-state index contributed by atoms with van der Waals surface area (Å²) in [6.07, 6.45) is 3.30. The van der Waals surface area contributed by atoms with Crippen molar-refractivity contribution in [1.82, 2.24) is 24.5 Å². The van der Waals surface area contributed by atoms with E-state index in [2.05, 4.69) is 20.5 Å². The van der Waals surface area contributed by atoms with Crippen molar-refractivity contribution in [3.63, 3.8) is 0 Å². The minimum Gasteiger partial charge on any atom is -0.470 e. The third-order valence-corrected chi connectivity index (χ3v) is 6.30. The molecule has 5 aromatic rings. The molecule has 9 nitrogen and oxygen atoms in total. The fraction of sp³-hybridized carbons (Fsp3) is 0.200. The summed E-state index contributed by atoms with van der Waals surface area (Å²) in [5.74, 6) is 0.953. The molecule has 4 aromatic heterocycles. The van der Waals surface area contributed by atoms with E-state index < -0.39 is 0 Å². The Morgan fingerprint density at radius 1 is 1.08 bits per heavy atom. The van der Waals surface area contributed by atoms with Crippen LogP contribution >= 0.6 is 23.2 Å². The number of rotatable bonds is 7. The highest BCUT2D eigenvalue weighted by atomic mass is 35.5. The van der Waals surface area contributed by atoms with Gasteiger partial charge in [0.15, 0.2) is 12.4 Å². The first-order chi connectivity index (χ1) is 17.3. The average Bonchev–Trinajstić information content (AvgIpc) is 3.55. The van der Waals surface area contributed by atoms with Crippen LogP contribution in [-0.4, -0.2) is 30.5 Å². The summed E-state index contributed by atoms with van der Waals surface area (Å²) in [4.78, 5) is 17.5. The standard InChI is InChI=1S/C25H22Cl2N6O3/c1-14-23-18(20-5-4-10-35-20)8-9-28-25(23)32(30-14)12-22(34)29-24-15(2)31-33(16(24)3)13-36-21-7-6-17(26)11-19(21)27/h4-11H,12-13H2,1-3H3,(H,29,34). The van der Waals surface area contributed by atoms with Crippen LogP contribution in [0.2, 0.25) is 10.0 Å².